The largest absolute Gasteiger partial charge is 0.490 e. The van der Waals surface area contributed by atoms with Gasteiger partial charge in [0.25, 0.3) is 11.8 Å². The van der Waals surface area contributed by atoms with Crippen molar-refractivity contribution in [2.24, 2.45) is 0 Å². The summed E-state index contributed by atoms with van der Waals surface area (Å²) in [4.78, 5) is 39.6. The molecule has 7 nitrogen and oxygen atoms in total. The molecule has 0 aromatic heterocycles. The molecule has 0 atom stereocenters. The van der Waals surface area contributed by atoms with E-state index in [-0.39, 0.29) is 17.2 Å². The number of nitrogens with one attached hydrogen (secondary N) is 1. The molecule has 3 aromatic rings. The molecule has 0 radical (unpaired) electrons. The number of hydrogen-bond donors (Lipinski definition) is 1. The van der Waals surface area contributed by atoms with Crippen LogP contribution in [0.5, 0.6) is 11.5 Å². The molecule has 190 valence electrons. The van der Waals surface area contributed by atoms with E-state index >= 15 is 0 Å². The van der Waals surface area contributed by atoms with E-state index < -0.39 is 17.8 Å². The van der Waals surface area contributed by atoms with Crippen molar-refractivity contribution in [2.75, 3.05) is 11.5 Å². The van der Waals surface area contributed by atoms with Gasteiger partial charge in [0.2, 0.25) is 0 Å². The fourth-order valence-corrected chi connectivity index (χ4v) is 4.35. The van der Waals surface area contributed by atoms with Crippen LogP contribution in [0, 0.1) is 13.8 Å². The van der Waals surface area contributed by atoms with E-state index in [1.807, 2.05) is 50.2 Å². The highest BCUT2D eigenvalue weighted by atomic mass is 79.9. The number of urea groups is 1. The van der Waals surface area contributed by atoms with Crippen LogP contribution in [-0.4, -0.2) is 24.5 Å². The number of benzene rings is 3. The molecule has 1 saturated heterocycles. The van der Waals surface area contributed by atoms with E-state index in [1.165, 1.54) is 6.08 Å². The summed E-state index contributed by atoms with van der Waals surface area (Å²) in [7, 11) is 0. The van der Waals surface area contributed by atoms with Gasteiger partial charge in [-0.2, -0.15) is 0 Å². The summed E-state index contributed by atoms with van der Waals surface area (Å²) in [6.07, 6.45) is 1.38. The van der Waals surface area contributed by atoms with Crippen LogP contribution in [0.2, 0.25) is 5.02 Å². The quantitative estimate of drug-likeness (QED) is 0.258. The van der Waals surface area contributed by atoms with Crippen molar-refractivity contribution < 1.29 is 23.9 Å². The maximum Gasteiger partial charge on any atom is 0.335 e. The molecule has 0 bridgehead atoms. The zero-order chi connectivity index (χ0) is 26.7. The van der Waals surface area contributed by atoms with Gasteiger partial charge < -0.3 is 9.47 Å². The molecule has 0 spiro atoms. The first-order valence-electron chi connectivity index (χ1n) is 11.5. The van der Waals surface area contributed by atoms with Crippen LogP contribution in [0.25, 0.3) is 6.08 Å². The third-order valence-corrected chi connectivity index (χ3v) is 6.46. The number of amides is 4. The summed E-state index contributed by atoms with van der Waals surface area (Å²) >= 11 is 9.95. The Morgan fingerprint density at radius 3 is 2.43 bits per heavy atom. The molecule has 3 aromatic carbocycles. The molecule has 0 aliphatic carbocycles. The lowest BCUT2D eigenvalue weighted by molar-refractivity contribution is -0.122. The second kappa shape index (κ2) is 11.2. The molecule has 1 fully saturated rings. The number of anilines is 1. The predicted molar refractivity (Wildman–Crippen MR) is 146 cm³/mol. The van der Waals surface area contributed by atoms with Crippen molar-refractivity contribution in [3.05, 3.63) is 91.9 Å². The molecule has 1 heterocycles. The number of nitrogens with zero attached hydrogens (tertiary/aromatic N) is 1. The zero-order valence-corrected chi connectivity index (χ0v) is 22.8. The normalized spacial score (nSPS) is 14.7. The topological polar surface area (TPSA) is 84.9 Å². The van der Waals surface area contributed by atoms with Gasteiger partial charge in [0.05, 0.1) is 17.3 Å². The Bertz CT molecular complexity index is 1420. The number of aryl methyl sites for hydroxylation is 2. The molecule has 0 unspecified atom stereocenters. The van der Waals surface area contributed by atoms with Crippen LogP contribution in [0.3, 0.4) is 0 Å². The lowest BCUT2D eigenvalue weighted by atomic mass is 10.0. The molecule has 1 aliphatic rings. The average molecular weight is 584 g/mol. The van der Waals surface area contributed by atoms with Gasteiger partial charge in [0.1, 0.15) is 12.2 Å². The summed E-state index contributed by atoms with van der Waals surface area (Å²) in [5.74, 6) is -0.807. The second-order valence-corrected chi connectivity index (χ2v) is 9.75. The highest BCUT2D eigenvalue weighted by molar-refractivity contribution is 9.10. The lowest BCUT2D eigenvalue weighted by Gasteiger charge is -2.28. The van der Waals surface area contributed by atoms with Crippen molar-refractivity contribution in [1.82, 2.24) is 5.32 Å². The fourth-order valence-electron chi connectivity index (χ4n) is 3.81. The summed E-state index contributed by atoms with van der Waals surface area (Å²) in [5, 5.41) is 2.50. The first-order chi connectivity index (χ1) is 17.7. The molecule has 0 saturated carbocycles. The Kier molecular flexibility index (Phi) is 8.00. The lowest BCUT2D eigenvalue weighted by Crippen LogP contribution is -2.54. The third kappa shape index (κ3) is 5.87. The van der Waals surface area contributed by atoms with Gasteiger partial charge in [0.15, 0.2) is 11.5 Å². The third-order valence-electron chi connectivity index (χ3n) is 5.65. The van der Waals surface area contributed by atoms with Gasteiger partial charge >= 0.3 is 6.03 Å². The fraction of sp³-hybridized carbons (Fsp3) is 0.179. The monoisotopic (exact) mass is 582 g/mol. The van der Waals surface area contributed by atoms with Crippen LogP contribution < -0.4 is 19.7 Å². The number of ether oxygens (including phenoxy) is 2. The maximum atomic E-state index is 13.3. The van der Waals surface area contributed by atoms with E-state index in [4.69, 9.17) is 21.1 Å². The van der Waals surface area contributed by atoms with Crippen molar-refractivity contribution in [3.8, 4) is 11.5 Å². The number of halogens is 2. The van der Waals surface area contributed by atoms with Crippen LogP contribution >= 0.6 is 27.5 Å². The smallest absolute Gasteiger partial charge is 0.335 e. The molecule has 9 heteroatoms. The van der Waals surface area contributed by atoms with E-state index in [1.54, 1.807) is 25.1 Å². The maximum absolute atomic E-state index is 13.3. The second-order valence-electron chi connectivity index (χ2n) is 8.43. The van der Waals surface area contributed by atoms with Crippen molar-refractivity contribution in [2.45, 2.75) is 27.4 Å². The van der Waals surface area contributed by atoms with E-state index in [0.29, 0.717) is 29.4 Å². The molecule has 1 N–H and O–H groups in total. The summed E-state index contributed by atoms with van der Waals surface area (Å²) in [6, 6.07) is 15.5. The molecular weight excluding hydrogens is 560 g/mol. The van der Waals surface area contributed by atoms with Gasteiger partial charge in [0, 0.05) is 4.47 Å². The average Bonchev–Trinajstić information content (AvgIpc) is 2.84. The Morgan fingerprint density at radius 1 is 1.00 bits per heavy atom. The van der Waals surface area contributed by atoms with Gasteiger partial charge in [-0.3, -0.25) is 14.9 Å². The van der Waals surface area contributed by atoms with E-state index in [2.05, 4.69) is 21.2 Å². The Balaban J connectivity index is 1.67. The number of hydrogen-bond acceptors (Lipinski definition) is 5. The Morgan fingerprint density at radius 2 is 1.73 bits per heavy atom. The minimum absolute atomic E-state index is 0.206. The van der Waals surface area contributed by atoms with Gasteiger partial charge in [-0.25, -0.2) is 9.69 Å². The Hall–Kier alpha value is -3.62. The first-order valence-corrected chi connectivity index (χ1v) is 12.7. The molecule has 4 rings (SSSR count). The molecule has 1 aliphatic heterocycles. The Labute approximate surface area is 228 Å². The highest BCUT2D eigenvalue weighted by Crippen LogP contribution is 2.38. The van der Waals surface area contributed by atoms with Crippen LogP contribution in [-0.2, 0) is 16.2 Å². The van der Waals surface area contributed by atoms with Crippen molar-refractivity contribution in [1.29, 1.82) is 0 Å². The van der Waals surface area contributed by atoms with Crippen LogP contribution in [0.1, 0.15) is 29.2 Å². The first kappa shape index (κ1) is 26.4. The van der Waals surface area contributed by atoms with Crippen LogP contribution in [0.4, 0.5) is 10.5 Å². The minimum atomic E-state index is -0.800. The van der Waals surface area contributed by atoms with E-state index in [0.717, 1.165) is 26.1 Å². The number of carbonyl (C=O) groups is 3. The van der Waals surface area contributed by atoms with E-state index in [9.17, 15) is 14.4 Å². The SMILES string of the molecule is CCOc1cc(/C=C2\C(=O)NC(=O)N(c3cc(C)ccc3C)C2=O)cc(Cl)c1OCc1ccc(Br)cc1. The summed E-state index contributed by atoms with van der Waals surface area (Å²) in [5.41, 5.74) is 3.17. The number of imide groups is 2. The standard InChI is InChI=1S/C28H24BrClN2O5/c1-4-36-24-14-19(13-22(30)25(24)37-15-18-7-9-20(29)10-8-18)12-21-26(33)31-28(35)32(27(21)34)23-11-16(2)5-6-17(23)3/h5-14H,4,15H2,1-3H3,(H,31,33,35)/b21-12+. The predicted octanol–water partition coefficient (Wildman–Crippen LogP) is 6.36. The number of barbiturate groups is 1. The zero-order valence-electron chi connectivity index (χ0n) is 20.4. The van der Waals surface area contributed by atoms with Crippen molar-refractivity contribution in [3.63, 3.8) is 0 Å². The van der Waals surface area contributed by atoms with Gasteiger partial charge in [-0.05, 0) is 79.4 Å². The summed E-state index contributed by atoms with van der Waals surface area (Å²) in [6.45, 7) is 6.08. The van der Waals surface area contributed by atoms with Gasteiger partial charge in [-0.1, -0.05) is 51.8 Å². The molecule has 37 heavy (non-hydrogen) atoms. The van der Waals surface area contributed by atoms with Gasteiger partial charge in [-0.15, -0.1) is 0 Å². The van der Waals surface area contributed by atoms with Crippen molar-refractivity contribution >= 4 is 57.1 Å². The number of carbonyl (C=O) groups excluding carboxylic acids is 3. The number of rotatable bonds is 7. The highest BCUT2D eigenvalue weighted by Gasteiger charge is 2.37. The minimum Gasteiger partial charge on any atom is -0.490 e. The molecular formula is C28H24BrClN2O5. The molecule has 4 amide bonds. The summed E-state index contributed by atoms with van der Waals surface area (Å²) < 4.78 is 12.7. The van der Waals surface area contributed by atoms with Crippen LogP contribution in [0.15, 0.2) is 64.6 Å².